The topological polar surface area (TPSA) is 80.5 Å². The van der Waals surface area contributed by atoms with Crippen molar-refractivity contribution in [3.05, 3.63) is 35.4 Å². The molecule has 1 fully saturated rings. The number of Topliss-reactive ketones (excluding diaryl/α,β-unsaturated/α-hetero) is 1. The number of ketones is 1. The number of hydrogen-bond donors (Lipinski definition) is 1. The largest absolute Gasteiger partial charge is 0.369 e. The first-order valence-corrected chi connectivity index (χ1v) is 7.65. The van der Waals surface area contributed by atoms with Crippen molar-refractivity contribution in [1.82, 2.24) is 4.90 Å². The molecule has 1 heterocycles. The van der Waals surface area contributed by atoms with Crippen molar-refractivity contribution in [3.63, 3.8) is 0 Å². The normalized spacial score (nSPS) is 15.6. The van der Waals surface area contributed by atoms with E-state index < -0.39 is 0 Å². The molecule has 118 valence electrons. The van der Waals surface area contributed by atoms with Gasteiger partial charge in [-0.25, -0.2) is 0 Å². The fourth-order valence-electron chi connectivity index (χ4n) is 2.81. The number of aryl methyl sites for hydroxylation is 1. The first-order chi connectivity index (χ1) is 10.5. The molecule has 2 amide bonds. The van der Waals surface area contributed by atoms with Crippen LogP contribution in [0.3, 0.4) is 0 Å². The van der Waals surface area contributed by atoms with Crippen molar-refractivity contribution in [2.75, 3.05) is 13.1 Å². The van der Waals surface area contributed by atoms with Gasteiger partial charge in [-0.05, 0) is 25.3 Å². The molecular weight excluding hydrogens is 280 g/mol. The van der Waals surface area contributed by atoms with Crippen LogP contribution in [0, 0.1) is 12.8 Å². The van der Waals surface area contributed by atoms with E-state index in [1.54, 1.807) is 11.0 Å². The Balaban J connectivity index is 1.82. The number of rotatable bonds is 5. The summed E-state index contributed by atoms with van der Waals surface area (Å²) >= 11 is 0. The van der Waals surface area contributed by atoms with Gasteiger partial charge in [-0.15, -0.1) is 0 Å². The highest BCUT2D eigenvalue weighted by molar-refractivity contribution is 5.99. The Labute approximate surface area is 130 Å². The lowest BCUT2D eigenvalue weighted by Gasteiger charge is -2.30. The molecular formula is C17H22N2O3. The van der Waals surface area contributed by atoms with E-state index in [0.29, 0.717) is 31.5 Å². The monoisotopic (exact) mass is 302 g/mol. The molecule has 2 rings (SSSR count). The molecule has 0 radical (unpaired) electrons. The third kappa shape index (κ3) is 3.93. The van der Waals surface area contributed by atoms with Gasteiger partial charge in [-0.3, -0.25) is 14.4 Å². The molecule has 0 aliphatic carbocycles. The molecule has 2 N–H and O–H groups in total. The summed E-state index contributed by atoms with van der Waals surface area (Å²) in [5, 5.41) is 0. The fourth-order valence-corrected chi connectivity index (χ4v) is 2.81. The number of hydrogen-bond acceptors (Lipinski definition) is 3. The highest BCUT2D eigenvalue weighted by Gasteiger charge is 2.26. The van der Waals surface area contributed by atoms with Gasteiger partial charge < -0.3 is 10.6 Å². The van der Waals surface area contributed by atoms with Crippen LogP contribution in [0.1, 0.15) is 41.6 Å². The molecule has 5 heteroatoms. The van der Waals surface area contributed by atoms with Crippen molar-refractivity contribution in [2.24, 2.45) is 11.7 Å². The molecule has 5 nitrogen and oxygen atoms in total. The Bertz CT molecular complexity index is 575. The summed E-state index contributed by atoms with van der Waals surface area (Å²) < 4.78 is 0. The van der Waals surface area contributed by atoms with E-state index in [9.17, 15) is 14.4 Å². The highest BCUT2D eigenvalue weighted by Crippen LogP contribution is 2.18. The van der Waals surface area contributed by atoms with Gasteiger partial charge >= 0.3 is 0 Å². The molecule has 22 heavy (non-hydrogen) atoms. The Morgan fingerprint density at radius 1 is 1.14 bits per heavy atom. The van der Waals surface area contributed by atoms with E-state index in [0.717, 1.165) is 5.56 Å². The number of primary amides is 1. The van der Waals surface area contributed by atoms with Crippen LogP contribution in [0.2, 0.25) is 0 Å². The molecule has 0 aromatic heterocycles. The second-order valence-electron chi connectivity index (χ2n) is 5.80. The zero-order chi connectivity index (χ0) is 16.1. The molecule has 0 saturated carbocycles. The van der Waals surface area contributed by atoms with Gasteiger partial charge in [0.05, 0.1) is 0 Å². The summed E-state index contributed by atoms with van der Waals surface area (Å²) in [6, 6.07) is 7.40. The number of piperidine rings is 1. The first-order valence-electron chi connectivity index (χ1n) is 7.65. The van der Waals surface area contributed by atoms with Crippen LogP contribution in [-0.2, 0) is 9.59 Å². The van der Waals surface area contributed by atoms with E-state index >= 15 is 0 Å². The van der Waals surface area contributed by atoms with Crippen LogP contribution in [0.5, 0.6) is 0 Å². The van der Waals surface area contributed by atoms with Gasteiger partial charge in [0.2, 0.25) is 11.8 Å². The molecule has 0 bridgehead atoms. The van der Waals surface area contributed by atoms with Gasteiger partial charge in [0, 0.05) is 37.4 Å². The van der Waals surface area contributed by atoms with Crippen molar-refractivity contribution in [2.45, 2.75) is 32.6 Å². The second kappa shape index (κ2) is 7.20. The predicted octanol–water partition coefficient (Wildman–Crippen LogP) is 1.68. The van der Waals surface area contributed by atoms with Gasteiger partial charge in [0.1, 0.15) is 0 Å². The summed E-state index contributed by atoms with van der Waals surface area (Å²) in [5.74, 6) is -0.442. The zero-order valence-electron chi connectivity index (χ0n) is 12.9. The molecule has 1 aliphatic heterocycles. The van der Waals surface area contributed by atoms with Crippen LogP contribution >= 0.6 is 0 Å². The van der Waals surface area contributed by atoms with Crippen molar-refractivity contribution in [1.29, 1.82) is 0 Å². The molecule has 0 spiro atoms. The van der Waals surface area contributed by atoms with Crippen molar-refractivity contribution in [3.8, 4) is 0 Å². The van der Waals surface area contributed by atoms with Crippen LogP contribution < -0.4 is 5.73 Å². The summed E-state index contributed by atoms with van der Waals surface area (Å²) in [5.41, 5.74) is 6.89. The van der Waals surface area contributed by atoms with Crippen LogP contribution in [0.25, 0.3) is 0 Å². The molecule has 1 aromatic carbocycles. The average molecular weight is 302 g/mol. The maximum Gasteiger partial charge on any atom is 0.223 e. The number of carbonyl (C=O) groups is 3. The number of nitrogens with two attached hydrogens (primary N) is 1. The second-order valence-corrected chi connectivity index (χ2v) is 5.80. The van der Waals surface area contributed by atoms with Crippen molar-refractivity contribution < 1.29 is 14.4 Å². The minimum absolute atomic E-state index is 0.00141. The van der Waals surface area contributed by atoms with Crippen LogP contribution in [-0.4, -0.2) is 35.6 Å². The molecule has 0 atom stereocenters. The van der Waals surface area contributed by atoms with E-state index in [-0.39, 0.29) is 36.4 Å². The smallest absolute Gasteiger partial charge is 0.223 e. The Kier molecular flexibility index (Phi) is 5.31. The number of carbonyl (C=O) groups excluding carboxylic acids is 3. The Morgan fingerprint density at radius 2 is 1.77 bits per heavy atom. The van der Waals surface area contributed by atoms with Gasteiger partial charge in [0.25, 0.3) is 0 Å². The minimum atomic E-state index is -0.290. The third-order valence-corrected chi connectivity index (χ3v) is 4.26. The number of benzene rings is 1. The van der Waals surface area contributed by atoms with E-state index in [1.165, 1.54) is 0 Å². The standard InChI is InChI=1S/C17H22N2O3/c1-12-4-2-3-5-14(12)15(20)6-7-16(21)19-10-8-13(9-11-19)17(18)22/h2-5,13H,6-11H2,1H3,(H2,18,22). The molecule has 0 unspecified atom stereocenters. The highest BCUT2D eigenvalue weighted by atomic mass is 16.2. The third-order valence-electron chi connectivity index (χ3n) is 4.26. The molecule has 1 saturated heterocycles. The van der Waals surface area contributed by atoms with Crippen LogP contribution in [0.15, 0.2) is 24.3 Å². The van der Waals surface area contributed by atoms with Gasteiger partial charge in [0.15, 0.2) is 5.78 Å². The van der Waals surface area contributed by atoms with E-state index in [4.69, 9.17) is 5.73 Å². The Morgan fingerprint density at radius 3 is 2.36 bits per heavy atom. The lowest BCUT2D eigenvalue weighted by molar-refractivity contribution is -0.134. The van der Waals surface area contributed by atoms with Crippen LogP contribution in [0.4, 0.5) is 0 Å². The van der Waals surface area contributed by atoms with E-state index in [1.807, 2.05) is 25.1 Å². The van der Waals surface area contributed by atoms with Crippen molar-refractivity contribution >= 4 is 17.6 Å². The molecule has 1 aliphatic rings. The Hall–Kier alpha value is -2.17. The number of nitrogens with zero attached hydrogens (tertiary/aromatic N) is 1. The quantitative estimate of drug-likeness (QED) is 0.840. The zero-order valence-corrected chi connectivity index (χ0v) is 12.9. The first kappa shape index (κ1) is 16.2. The minimum Gasteiger partial charge on any atom is -0.369 e. The lowest BCUT2D eigenvalue weighted by atomic mass is 9.95. The SMILES string of the molecule is Cc1ccccc1C(=O)CCC(=O)N1CCC(C(N)=O)CC1. The molecule has 1 aromatic rings. The fraction of sp³-hybridized carbons (Fsp3) is 0.471. The maximum absolute atomic E-state index is 12.2. The van der Waals surface area contributed by atoms with Gasteiger partial charge in [-0.2, -0.15) is 0 Å². The maximum atomic E-state index is 12.2. The lowest BCUT2D eigenvalue weighted by Crippen LogP contribution is -2.41. The summed E-state index contributed by atoms with van der Waals surface area (Å²) in [6.07, 6.45) is 1.67. The van der Waals surface area contributed by atoms with Gasteiger partial charge in [-0.1, -0.05) is 24.3 Å². The summed E-state index contributed by atoms with van der Waals surface area (Å²) in [7, 11) is 0. The summed E-state index contributed by atoms with van der Waals surface area (Å²) in [4.78, 5) is 37.2. The average Bonchev–Trinajstić information content (AvgIpc) is 2.52. The number of likely N-dealkylation sites (tertiary alicyclic amines) is 1. The number of amides is 2. The van der Waals surface area contributed by atoms with E-state index in [2.05, 4.69) is 0 Å². The predicted molar refractivity (Wildman–Crippen MR) is 83.2 cm³/mol. The summed E-state index contributed by atoms with van der Waals surface area (Å²) in [6.45, 7) is 2.99.